The number of hydrogen-bond donors (Lipinski definition) is 1. The Morgan fingerprint density at radius 3 is 2.51 bits per heavy atom. The highest BCUT2D eigenvalue weighted by atomic mass is 32.2. The third-order valence-corrected chi connectivity index (χ3v) is 7.10. The third kappa shape index (κ3) is 6.77. The van der Waals surface area contributed by atoms with E-state index in [2.05, 4.69) is 25.1 Å². The molecule has 3 amide bonds. The van der Waals surface area contributed by atoms with Crippen LogP contribution in [0.5, 0.6) is 11.5 Å². The van der Waals surface area contributed by atoms with Gasteiger partial charge in [0.05, 0.1) is 29.9 Å². The van der Waals surface area contributed by atoms with Crippen molar-refractivity contribution >= 4 is 40.2 Å². The van der Waals surface area contributed by atoms with Crippen LogP contribution in [0.3, 0.4) is 0 Å². The molecule has 1 N–H and O–H groups in total. The number of alkyl halides is 3. The number of ether oxygens (including phenoxy) is 2. The van der Waals surface area contributed by atoms with Gasteiger partial charge in [0.15, 0.2) is 11.0 Å². The highest BCUT2D eigenvalue weighted by Gasteiger charge is 2.32. The van der Waals surface area contributed by atoms with Gasteiger partial charge in [0.2, 0.25) is 5.91 Å². The van der Waals surface area contributed by atoms with E-state index in [1.165, 1.54) is 47.3 Å². The number of nitrogens with zero attached hydrogens (tertiary/aromatic N) is 5. The SMILES string of the molecule is CCc1ccc(OC)cc1N1C(=O)CSC1=NC(=O)Nc1ccc(-c2ncn(-c3ccc(OC(F)(F)F)cc3)n2)cc1F. The summed E-state index contributed by atoms with van der Waals surface area (Å²) in [5.74, 6) is -0.680. The van der Waals surface area contributed by atoms with Crippen LogP contribution in [0, 0.1) is 5.82 Å². The fourth-order valence-corrected chi connectivity index (χ4v) is 5.02. The highest BCUT2D eigenvalue weighted by Crippen LogP contribution is 2.33. The standard InChI is InChI=1S/C28H22F4N6O4S/c1-3-16-4-8-20(41-2)13-23(16)38-24(39)14-43-27(38)35-26(40)34-22-11-5-17(12-21(22)29)25-33-15-37(36-25)18-6-9-19(10-7-18)42-28(30,31)32/h4-13,15H,3,14H2,1-2H3,(H,34,40). The Bertz CT molecular complexity index is 1710. The largest absolute Gasteiger partial charge is 0.573 e. The Hall–Kier alpha value is -4.92. The van der Waals surface area contributed by atoms with E-state index in [1.54, 1.807) is 12.1 Å². The van der Waals surface area contributed by atoms with Crippen LogP contribution in [0.25, 0.3) is 17.1 Å². The summed E-state index contributed by atoms with van der Waals surface area (Å²) in [5, 5.41) is 6.78. The number of anilines is 2. The molecule has 0 unspecified atom stereocenters. The molecule has 1 aliphatic heterocycles. The van der Waals surface area contributed by atoms with Crippen LogP contribution < -0.4 is 19.7 Å². The van der Waals surface area contributed by atoms with Crippen LogP contribution in [0.1, 0.15) is 12.5 Å². The van der Waals surface area contributed by atoms with Crippen molar-refractivity contribution in [3.63, 3.8) is 0 Å². The predicted molar refractivity (Wildman–Crippen MR) is 152 cm³/mol. The molecule has 1 aromatic heterocycles. The van der Waals surface area contributed by atoms with E-state index in [-0.39, 0.29) is 33.9 Å². The minimum Gasteiger partial charge on any atom is -0.497 e. The number of amides is 3. The molecule has 1 saturated heterocycles. The topological polar surface area (TPSA) is 111 Å². The molecule has 0 spiro atoms. The summed E-state index contributed by atoms with van der Waals surface area (Å²) >= 11 is 1.09. The van der Waals surface area contributed by atoms with Crippen molar-refractivity contribution in [3.05, 3.63) is 78.4 Å². The van der Waals surface area contributed by atoms with Gasteiger partial charge < -0.3 is 14.8 Å². The van der Waals surface area contributed by atoms with E-state index in [0.29, 0.717) is 23.5 Å². The number of thioether (sulfide) groups is 1. The average molecular weight is 615 g/mol. The van der Waals surface area contributed by atoms with Gasteiger partial charge >= 0.3 is 12.4 Å². The number of rotatable bonds is 7. The molecule has 0 bridgehead atoms. The Morgan fingerprint density at radius 1 is 1.09 bits per heavy atom. The van der Waals surface area contributed by atoms with Crippen LogP contribution in [0.4, 0.5) is 33.7 Å². The van der Waals surface area contributed by atoms with Crippen molar-refractivity contribution in [1.29, 1.82) is 0 Å². The number of halogens is 4. The van der Waals surface area contributed by atoms with Crippen molar-refractivity contribution in [1.82, 2.24) is 14.8 Å². The first-order valence-electron chi connectivity index (χ1n) is 12.6. The molecule has 0 aliphatic carbocycles. The van der Waals surface area contributed by atoms with Crippen molar-refractivity contribution in [2.75, 3.05) is 23.1 Å². The van der Waals surface area contributed by atoms with E-state index in [9.17, 15) is 27.2 Å². The Kier molecular flexibility index (Phi) is 8.34. The summed E-state index contributed by atoms with van der Waals surface area (Å²) in [5.41, 5.74) is 1.93. The molecule has 5 rings (SSSR count). The Morgan fingerprint density at radius 2 is 1.84 bits per heavy atom. The van der Waals surface area contributed by atoms with E-state index in [4.69, 9.17) is 4.74 Å². The second-order valence-electron chi connectivity index (χ2n) is 8.94. The number of methoxy groups -OCH3 is 1. The zero-order valence-corrected chi connectivity index (χ0v) is 23.4. The van der Waals surface area contributed by atoms with Gasteiger partial charge in [0.1, 0.15) is 23.6 Å². The van der Waals surface area contributed by atoms with Gasteiger partial charge in [0, 0.05) is 11.6 Å². The van der Waals surface area contributed by atoms with Crippen molar-refractivity contribution in [2.45, 2.75) is 19.7 Å². The number of urea groups is 1. The first kappa shape index (κ1) is 29.6. The first-order chi connectivity index (χ1) is 20.5. The summed E-state index contributed by atoms with van der Waals surface area (Å²) in [6, 6.07) is 13.3. The lowest BCUT2D eigenvalue weighted by molar-refractivity contribution is -0.274. The number of hydrogen-bond acceptors (Lipinski definition) is 7. The molecule has 0 saturated carbocycles. The van der Waals surface area contributed by atoms with Crippen LogP contribution in [0.15, 0.2) is 72.0 Å². The van der Waals surface area contributed by atoms with Crippen molar-refractivity contribution < 1.29 is 36.6 Å². The minimum atomic E-state index is -4.81. The van der Waals surface area contributed by atoms with Gasteiger partial charge in [-0.1, -0.05) is 24.8 Å². The van der Waals surface area contributed by atoms with Crippen LogP contribution in [0.2, 0.25) is 0 Å². The number of carbonyl (C=O) groups is 2. The second kappa shape index (κ2) is 12.1. The quantitative estimate of drug-likeness (QED) is 0.247. The maximum Gasteiger partial charge on any atom is 0.573 e. The molecule has 15 heteroatoms. The highest BCUT2D eigenvalue weighted by molar-refractivity contribution is 8.15. The van der Waals surface area contributed by atoms with Gasteiger partial charge in [-0.05, 0) is 60.5 Å². The number of aliphatic imine (C=N–C) groups is 1. The van der Waals surface area contributed by atoms with Gasteiger partial charge in [-0.15, -0.1) is 18.3 Å². The summed E-state index contributed by atoms with van der Waals surface area (Å²) in [7, 11) is 1.51. The fraction of sp³-hybridized carbons (Fsp3) is 0.179. The molecule has 0 atom stereocenters. The normalized spacial score (nSPS) is 14.3. The van der Waals surface area contributed by atoms with Crippen LogP contribution in [-0.2, 0) is 11.2 Å². The molecular weight excluding hydrogens is 592 g/mol. The molecule has 3 aromatic carbocycles. The molecule has 43 heavy (non-hydrogen) atoms. The zero-order valence-electron chi connectivity index (χ0n) is 22.6. The number of carbonyl (C=O) groups excluding carboxylic acids is 2. The Balaban J connectivity index is 1.30. The third-order valence-electron chi connectivity index (χ3n) is 6.17. The summed E-state index contributed by atoms with van der Waals surface area (Å²) in [6.07, 6.45) is -2.87. The zero-order chi connectivity index (χ0) is 30.7. The van der Waals surface area contributed by atoms with E-state index in [1.807, 2.05) is 13.0 Å². The van der Waals surface area contributed by atoms with Gasteiger partial charge in [-0.2, -0.15) is 4.99 Å². The number of benzene rings is 3. The first-order valence-corrected chi connectivity index (χ1v) is 13.6. The molecule has 1 aliphatic rings. The van der Waals surface area contributed by atoms with E-state index < -0.39 is 24.0 Å². The molecule has 4 aromatic rings. The summed E-state index contributed by atoms with van der Waals surface area (Å²) in [4.78, 5) is 35.0. The maximum absolute atomic E-state index is 15.0. The average Bonchev–Trinajstić information content (AvgIpc) is 3.60. The smallest absolute Gasteiger partial charge is 0.497 e. The van der Waals surface area contributed by atoms with Crippen LogP contribution in [-0.4, -0.2) is 51.1 Å². The van der Waals surface area contributed by atoms with Gasteiger partial charge in [0.25, 0.3) is 0 Å². The van der Waals surface area contributed by atoms with Crippen molar-refractivity contribution in [2.24, 2.45) is 4.99 Å². The fourth-order valence-electron chi connectivity index (χ4n) is 4.17. The second-order valence-corrected chi connectivity index (χ2v) is 9.88. The van der Waals surface area contributed by atoms with E-state index in [0.717, 1.165) is 35.5 Å². The lowest BCUT2D eigenvalue weighted by Crippen LogP contribution is -2.31. The van der Waals surface area contributed by atoms with Gasteiger partial charge in [-0.25, -0.2) is 18.9 Å². The molecule has 10 nitrogen and oxygen atoms in total. The van der Waals surface area contributed by atoms with Crippen molar-refractivity contribution in [3.8, 4) is 28.6 Å². The Labute approximate surface area is 246 Å². The monoisotopic (exact) mass is 614 g/mol. The lowest BCUT2D eigenvalue weighted by Gasteiger charge is -2.20. The molecule has 1 fully saturated rings. The number of aryl methyl sites for hydroxylation is 1. The number of amidine groups is 1. The number of aromatic nitrogens is 3. The molecule has 2 heterocycles. The molecule has 0 radical (unpaired) electrons. The summed E-state index contributed by atoms with van der Waals surface area (Å²) in [6.45, 7) is 1.93. The molecular formula is C28H22F4N6O4S. The van der Waals surface area contributed by atoms with E-state index >= 15 is 0 Å². The summed E-state index contributed by atoms with van der Waals surface area (Å²) < 4.78 is 62.6. The lowest BCUT2D eigenvalue weighted by atomic mass is 10.1. The van der Waals surface area contributed by atoms with Crippen LogP contribution >= 0.6 is 11.8 Å². The predicted octanol–water partition coefficient (Wildman–Crippen LogP) is 6.21. The minimum absolute atomic E-state index is 0.0840. The maximum atomic E-state index is 15.0. The molecule has 222 valence electrons. The number of nitrogens with one attached hydrogen (secondary N) is 1. The van der Waals surface area contributed by atoms with Gasteiger partial charge in [-0.3, -0.25) is 9.69 Å².